The first kappa shape index (κ1) is 15.0. The summed E-state index contributed by atoms with van der Waals surface area (Å²) in [5.74, 6) is -0.169. The summed E-state index contributed by atoms with van der Waals surface area (Å²) in [7, 11) is 1.90. The molecular formula is C16H24N2O2. The van der Waals surface area contributed by atoms with Gasteiger partial charge in [-0.3, -0.25) is 14.6 Å². The molecule has 1 aliphatic heterocycles. The summed E-state index contributed by atoms with van der Waals surface area (Å²) in [6.07, 6.45) is 1.16. The van der Waals surface area contributed by atoms with E-state index in [4.69, 9.17) is 5.11 Å². The number of rotatable bonds is 6. The molecule has 1 N–H and O–H groups in total. The van der Waals surface area contributed by atoms with Crippen molar-refractivity contribution in [2.24, 2.45) is 5.92 Å². The molecule has 0 aliphatic carbocycles. The van der Waals surface area contributed by atoms with Crippen LogP contribution in [-0.4, -0.2) is 53.6 Å². The number of hydrogen-bond donors (Lipinski definition) is 1. The van der Waals surface area contributed by atoms with E-state index in [1.165, 1.54) is 5.56 Å². The SMILES string of the molecule is C[C@@H](C(=O)O)N(C)C[C@@H]1CCN(Cc2ccccc2)C1. The molecule has 0 spiro atoms. The summed E-state index contributed by atoms with van der Waals surface area (Å²) >= 11 is 0. The molecular weight excluding hydrogens is 252 g/mol. The second kappa shape index (κ2) is 6.86. The molecule has 4 nitrogen and oxygen atoms in total. The minimum atomic E-state index is -0.744. The fourth-order valence-corrected chi connectivity index (χ4v) is 2.80. The van der Waals surface area contributed by atoms with Crippen LogP contribution in [-0.2, 0) is 11.3 Å². The zero-order chi connectivity index (χ0) is 14.5. The second-order valence-corrected chi connectivity index (χ2v) is 5.83. The minimum Gasteiger partial charge on any atom is -0.480 e. The smallest absolute Gasteiger partial charge is 0.320 e. The molecule has 110 valence electrons. The largest absolute Gasteiger partial charge is 0.480 e. The van der Waals surface area contributed by atoms with Gasteiger partial charge in [0.15, 0.2) is 0 Å². The topological polar surface area (TPSA) is 43.8 Å². The van der Waals surface area contributed by atoms with Crippen LogP contribution in [0.4, 0.5) is 0 Å². The van der Waals surface area contributed by atoms with Gasteiger partial charge in [-0.05, 0) is 38.4 Å². The third-order valence-corrected chi connectivity index (χ3v) is 4.18. The van der Waals surface area contributed by atoms with E-state index in [1.807, 2.05) is 18.0 Å². The fourth-order valence-electron chi connectivity index (χ4n) is 2.80. The zero-order valence-corrected chi connectivity index (χ0v) is 12.3. The Labute approximate surface area is 121 Å². The highest BCUT2D eigenvalue weighted by atomic mass is 16.4. The first-order chi connectivity index (χ1) is 9.56. The maximum Gasteiger partial charge on any atom is 0.320 e. The molecule has 1 heterocycles. The standard InChI is InChI=1S/C16H24N2O2/c1-13(16(19)20)17(2)10-15-8-9-18(12-15)11-14-6-4-3-5-7-14/h3-7,13,15H,8-12H2,1-2H3,(H,19,20)/t13-,15-/m0/s1. The fraction of sp³-hybridized carbons (Fsp3) is 0.562. The molecule has 4 heteroatoms. The zero-order valence-electron chi connectivity index (χ0n) is 12.3. The van der Waals surface area contributed by atoms with Crippen molar-refractivity contribution in [1.29, 1.82) is 0 Å². The summed E-state index contributed by atoms with van der Waals surface area (Å²) in [6.45, 7) is 5.77. The first-order valence-corrected chi connectivity index (χ1v) is 7.25. The van der Waals surface area contributed by atoms with E-state index >= 15 is 0 Å². The molecule has 1 fully saturated rings. The molecule has 0 aromatic heterocycles. The van der Waals surface area contributed by atoms with Gasteiger partial charge in [-0.25, -0.2) is 0 Å². The van der Waals surface area contributed by atoms with Gasteiger partial charge in [-0.2, -0.15) is 0 Å². The number of carboxylic acids is 1. The number of benzene rings is 1. The Morgan fingerprint density at radius 2 is 2.15 bits per heavy atom. The van der Waals surface area contributed by atoms with Crippen LogP contribution in [0.25, 0.3) is 0 Å². The Bertz CT molecular complexity index is 435. The van der Waals surface area contributed by atoms with Gasteiger partial charge in [0.05, 0.1) is 0 Å². The van der Waals surface area contributed by atoms with Gasteiger partial charge in [-0.1, -0.05) is 30.3 Å². The average molecular weight is 276 g/mol. The van der Waals surface area contributed by atoms with Crippen molar-refractivity contribution in [3.8, 4) is 0 Å². The third-order valence-electron chi connectivity index (χ3n) is 4.18. The van der Waals surface area contributed by atoms with Gasteiger partial charge in [0.25, 0.3) is 0 Å². The molecule has 0 unspecified atom stereocenters. The number of likely N-dealkylation sites (N-methyl/N-ethyl adjacent to an activating group) is 1. The molecule has 20 heavy (non-hydrogen) atoms. The predicted octanol–water partition coefficient (Wildman–Crippen LogP) is 1.91. The van der Waals surface area contributed by atoms with Crippen molar-refractivity contribution in [2.45, 2.75) is 25.9 Å². The molecule has 0 bridgehead atoms. The van der Waals surface area contributed by atoms with Crippen molar-refractivity contribution < 1.29 is 9.90 Å². The van der Waals surface area contributed by atoms with Crippen LogP contribution >= 0.6 is 0 Å². The third kappa shape index (κ3) is 4.05. The Morgan fingerprint density at radius 1 is 1.45 bits per heavy atom. The van der Waals surface area contributed by atoms with E-state index in [1.54, 1.807) is 6.92 Å². The summed E-state index contributed by atoms with van der Waals surface area (Å²) < 4.78 is 0. The Morgan fingerprint density at radius 3 is 2.80 bits per heavy atom. The number of carbonyl (C=O) groups is 1. The van der Waals surface area contributed by atoms with Crippen LogP contribution in [0.1, 0.15) is 18.9 Å². The quantitative estimate of drug-likeness (QED) is 0.862. The molecule has 0 amide bonds. The van der Waals surface area contributed by atoms with Crippen LogP contribution < -0.4 is 0 Å². The summed E-state index contributed by atoms with van der Waals surface area (Å²) in [4.78, 5) is 15.4. The number of carboxylic acid groups (broad SMARTS) is 1. The monoisotopic (exact) mass is 276 g/mol. The highest BCUT2D eigenvalue weighted by molar-refractivity contribution is 5.72. The second-order valence-electron chi connectivity index (χ2n) is 5.83. The van der Waals surface area contributed by atoms with E-state index in [2.05, 4.69) is 29.2 Å². The van der Waals surface area contributed by atoms with E-state index in [-0.39, 0.29) is 0 Å². The average Bonchev–Trinajstić information content (AvgIpc) is 2.86. The predicted molar refractivity (Wildman–Crippen MR) is 79.6 cm³/mol. The number of nitrogens with zero attached hydrogens (tertiary/aromatic N) is 2. The first-order valence-electron chi connectivity index (χ1n) is 7.25. The van der Waals surface area contributed by atoms with Gasteiger partial charge in [0.2, 0.25) is 0 Å². The van der Waals surface area contributed by atoms with E-state index in [0.29, 0.717) is 5.92 Å². The van der Waals surface area contributed by atoms with Gasteiger partial charge < -0.3 is 5.11 Å². The van der Waals surface area contributed by atoms with E-state index < -0.39 is 12.0 Å². The van der Waals surface area contributed by atoms with Crippen LogP contribution in [0.3, 0.4) is 0 Å². The lowest BCUT2D eigenvalue weighted by Crippen LogP contribution is -2.39. The molecule has 0 saturated carbocycles. The lowest BCUT2D eigenvalue weighted by atomic mass is 10.1. The van der Waals surface area contributed by atoms with Crippen LogP contribution in [0.5, 0.6) is 0 Å². The van der Waals surface area contributed by atoms with Crippen LogP contribution in [0.15, 0.2) is 30.3 Å². The van der Waals surface area contributed by atoms with Gasteiger partial charge in [-0.15, -0.1) is 0 Å². The van der Waals surface area contributed by atoms with Gasteiger partial charge in [0, 0.05) is 19.6 Å². The summed E-state index contributed by atoms with van der Waals surface area (Å²) in [5.41, 5.74) is 1.35. The molecule has 2 rings (SSSR count). The molecule has 1 aromatic rings. The van der Waals surface area contributed by atoms with Crippen molar-refractivity contribution >= 4 is 5.97 Å². The lowest BCUT2D eigenvalue weighted by molar-refractivity contribution is -0.142. The highest BCUT2D eigenvalue weighted by Crippen LogP contribution is 2.20. The van der Waals surface area contributed by atoms with Gasteiger partial charge in [0.1, 0.15) is 6.04 Å². The summed E-state index contributed by atoms with van der Waals surface area (Å²) in [6, 6.07) is 10.1. The summed E-state index contributed by atoms with van der Waals surface area (Å²) in [5, 5.41) is 9.02. The maximum atomic E-state index is 11.0. The number of hydrogen-bond acceptors (Lipinski definition) is 3. The molecule has 2 atom stereocenters. The normalized spacial score (nSPS) is 21.2. The van der Waals surface area contributed by atoms with Crippen LogP contribution in [0.2, 0.25) is 0 Å². The van der Waals surface area contributed by atoms with Crippen LogP contribution in [0, 0.1) is 5.92 Å². The van der Waals surface area contributed by atoms with Crippen molar-refractivity contribution in [3.63, 3.8) is 0 Å². The minimum absolute atomic E-state index is 0.404. The number of aliphatic carboxylic acids is 1. The Kier molecular flexibility index (Phi) is 5.15. The van der Waals surface area contributed by atoms with Gasteiger partial charge >= 0.3 is 5.97 Å². The molecule has 1 saturated heterocycles. The van der Waals surface area contributed by atoms with E-state index in [9.17, 15) is 4.79 Å². The Balaban J connectivity index is 1.79. The molecule has 1 aliphatic rings. The Hall–Kier alpha value is -1.39. The lowest BCUT2D eigenvalue weighted by Gasteiger charge is -2.24. The highest BCUT2D eigenvalue weighted by Gasteiger charge is 2.26. The molecule has 1 aromatic carbocycles. The number of likely N-dealkylation sites (tertiary alicyclic amines) is 1. The van der Waals surface area contributed by atoms with Crippen molar-refractivity contribution in [2.75, 3.05) is 26.7 Å². The van der Waals surface area contributed by atoms with Crippen molar-refractivity contribution in [1.82, 2.24) is 9.80 Å². The maximum absolute atomic E-state index is 11.0. The van der Waals surface area contributed by atoms with Crippen molar-refractivity contribution in [3.05, 3.63) is 35.9 Å². The van der Waals surface area contributed by atoms with E-state index in [0.717, 1.165) is 32.6 Å². The molecule has 0 radical (unpaired) electrons.